The molecule has 1 N–H and O–H groups in total. The number of anilines is 1. The first kappa shape index (κ1) is 33.2. The van der Waals surface area contributed by atoms with Crippen molar-refractivity contribution >= 4 is 29.7 Å². The monoisotopic (exact) mass is 634 g/mol. The van der Waals surface area contributed by atoms with Crippen molar-refractivity contribution in [1.82, 2.24) is 25.1 Å². The van der Waals surface area contributed by atoms with E-state index >= 15 is 0 Å². The molecule has 3 amide bonds. The van der Waals surface area contributed by atoms with Crippen molar-refractivity contribution in [2.75, 3.05) is 57.4 Å². The highest BCUT2D eigenvalue weighted by molar-refractivity contribution is 5.97. The Morgan fingerprint density at radius 3 is 2.22 bits per heavy atom. The average Bonchev–Trinajstić information content (AvgIpc) is 3.59. The van der Waals surface area contributed by atoms with Crippen molar-refractivity contribution in [3.8, 4) is 11.4 Å². The van der Waals surface area contributed by atoms with E-state index in [0.29, 0.717) is 70.5 Å². The third-order valence-corrected chi connectivity index (χ3v) is 9.08. The smallest absolute Gasteiger partial charge is 0.409 e. The van der Waals surface area contributed by atoms with Crippen molar-refractivity contribution < 1.29 is 28.7 Å². The maximum Gasteiger partial charge on any atom is 0.409 e. The van der Waals surface area contributed by atoms with Crippen molar-refractivity contribution in [3.63, 3.8) is 0 Å². The molecule has 3 aliphatic rings. The molecule has 1 aliphatic carbocycles. The summed E-state index contributed by atoms with van der Waals surface area (Å²) in [6, 6.07) is 10.4. The van der Waals surface area contributed by atoms with Crippen LogP contribution in [-0.4, -0.2) is 102 Å². The number of esters is 1. The number of benzene rings is 1. The predicted molar refractivity (Wildman–Crippen MR) is 172 cm³/mol. The van der Waals surface area contributed by atoms with E-state index in [1.54, 1.807) is 15.9 Å². The second-order valence-corrected chi connectivity index (χ2v) is 12.3. The van der Waals surface area contributed by atoms with Crippen molar-refractivity contribution in [2.45, 2.75) is 58.9 Å². The van der Waals surface area contributed by atoms with Gasteiger partial charge in [0.1, 0.15) is 17.6 Å². The Kier molecular flexibility index (Phi) is 11.1. The number of hydrogen-bond acceptors (Lipinski definition) is 9. The zero-order valence-electron chi connectivity index (χ0n) is 27.2. The fraction of sp³-hybridized carbons (Fsp3) is 0.588. The molecule has 0 spiro atoms. The number of carbonyl (C=O) groups excluding carboxylic acids is 4. The van der Waals surface area contributed by atoms with Crippen LogP contribution in [0.5, 0.6) is 0 Å². The molecule has 12 nitrogen and oxygen atoms in total. The number of unbranched alkanes of at least 4 members (excludes halogenated alkanes) is 2. The van der Waals surface area contributed by atoms with Crippen LogP contribution in [0.25, 0.3) is 11.4 Å². The summed E-state index contributed by atoms with van der Waals surface area (Å²) in [6.45, 7) is 9.48. The van der Waals surface area contributed by atoms with Gasteiger partial charge in [-0.2, -0.15) is 0 Å². The van der Waals surface area contributed by atoms with E-state index in [0.717, 1.165) is 31.2 Å². The molecule has 2 aromatic rings. The van der Waals surface area contributed by atoms with E-state index in [1.165, 1.54) is 0 Å². The van der Waals surface area contributed by atoms with Crippen molar-refractivity contribution in [3.05, 3.63) is 42.1 Å². The fourth-order valence-electron chi connectivity index (χ4n) is 6.35. The van der Waals surface area contributed by atoms with E-state index in [9.17, 15) is 19.2 Å². The Bertz CT molecular complexity index is 1370. The molecule has 1 aromatic carbocycles. The van der Waals surface area contributed by atoms with Gasteiger partial charge < -0.3 is 29.5 Å². The van der Waals surface area contributed by atoms with E-state index in [1.807, 2.05) is 51.1 Å². The molecule has 1 aromatic heterocycles. The maximum absolute atomic E-state index is 13.8. The van der Waals surface area contributed by atoms with Gasteiger partial charge in [0.2, 0.25) is 5.91 Å². The van der Waals surface area contributed by atoms with Gasteiger partial charge in [-0.3, -0.25) is 14.4 Å². The van der Waals surface area contributed by atoms with Gasteiger partial charge in [-0.15, -0.1) is 0 Å². The minimum atomic E-state index is -0.723. The van der Waals surface area contributed by atoms with Crippen LogP contribution >= 0.6 is 0 Å². The lowest BCUT2D eigenvalue weighted by atomic mass is 10.1. The van der Waals surface area contributed by atoms with Crippen LogP contribution in [0.3, 0.4) is 0 Å². The van der Waals surface area contributed by atoms with Gasteiger partial charge in [0.25, 0.3) is 5.91 Å². The number of nitrogens with one attached hydrogen (secondary N) is 1. The van der Waals surface area contributed by atoms with Gasteiger partial charge in [0, 0.05) is 50.9 Å². The SMILES string of the molecule is CCCCOC(=O)N1CCN(C(=O)C(CCCC)NC(=O)c2cc(N3CC4C(C3)C4C(=O)OCC)nc(-c3ccccc3)n2)CC1. The number of fused-ring (bicyclic) bond motifs is 1. The average molecular weight is 635 g/mol. The molecule has 0 radical (unpaired) electrons. The highest BCUT2D eigenvalue weighted by atomic mass is 16.6. The molecule has 0 bridgehead atoms. The minimum Gasteiger partial charge on any atom is -0.466 e. The van der Waals surface area contributed by atoms with Crippen LogP contribution in [0.2, 0.25) is 0 Å². The molecule has 248 valence electrons. The quantitative estimate of drug-likeness (QED) is 0.258. The largest absolute Gasteiger partial charge is 0.466 e. The Balaban J connectivity index is 1.28. The lowest BCUT2D eigenvalue weighted by Gasteiger charge is -2.36. The lowest BCUT2D eigenvalue weighted by molar-refractivity contribution is -0.145. The van der Waals surface area contributed by atoms with Crippen LogP contribution in [0, 0.1) is 17.8 Å². The molecule has 3 atom stereocenters. The van der Waals surface area contributed by atoms with Gasteiger partial charge in [0.05, 0.1) is 19.1 Å². The Hall–Kier alpha value is -4.22. The Morgan fingerprint density at radius 2 is 1.57 bits per heavy atom. The number of piperidine rings is 1. The van der Waals surface area contributed by atoms with Crippen LogP contribution in [-0.2, 0) is 19.1 Å². The molecular formula is C34H46N6O6. The van der Waals surface area contributed by atoms with Crippen LogP contribution in [0.4, 0.5) is 10.6 Å². The zero-order chi connectivity index (χ0) is 32.6. The fourth-order valence-corrected chi connectivity index (χ4v) is 6.35. The summed E-state index contributed by atoms with van der Waals surface area (Å²) in [5.41, 5.74) is 0.956. The molecule has 3 fully saturated rings. The topological polar surface area (TPSA) is 134 Å². The first-order valence-corrected chi connectivity index (χ1v) is 16.7. The van der Waals surface area contributed by atoms with E-state index < -0.39 is 11.9 Å². The Morgan fingerprint density at radius 1 is 0.891 bits per heavy atom. The second kappa shape index (κ2) is 15.4. The Labute approximate surface area is 270 Å². The first-order chi connectivity index (χ1) is 22.3. The standard InChI is InChI=1S/C34H46N6O6/c1-4-7-14-26(32(42)38-15-17-39(18-16-38)34(44)46-19-8-5-2)36-31(41)27-20-28(37-30(35-27)23-12-10-9-11-13-23)40-21-24-25(22-40)29(24)33(43)45-6-3/h9-13,20,24-26,29H,4-8,14-19,21-22H2,1-3H3,(H,36,41). The molecule has 46 heavy (non-hydrogen) atoms. The van der Waals surface area contributed by atoms with E-state index in [-0.39, 0.29) is 41.4 Å². The third kappa shape index (κ3) is 7.76. The molecule has 2 saturated heterocycles. The molecule has 12 heteroatoms. The third-order valence-electron chi connectivity index (χ3n) is 9.08. The number of carbonyl (C=O) groups is 4. The zero-order valence-corrected chi connectivity index (χ0v) is 27.2. The molecule has 3 unspecified atom stereocenters. The number of nitrogens with zero attached hydrogens (tertiary/aromatic N) is 5. The first-order valence-electron chi connectivity index (χ1n) is 16.7. The molecule has 1 saturated carbocycles. The minimum absolute atomic E-state index is 0.0756. The van der Waals surface area contributed by atoms with Crippen molar-refractivity contribution in [1.29, 1.82) is 0 Å². The summed E-state index contributed by atoms with van der Waals surface area (Å²) < 4.78 is 10.6. The van der Waals surface area contributed by atoms with Crippen molar-refractivity contribution in [2.24, 2.45) is 17.8 Å². The highest BCUT2D eigenvalue weighted by Gasteiger charge is 2.60. The predicted octanol–water partition coefficient (Wildman–Crippen LogP) is 3.76. The lowest BCUT2D eigenvalue weighted by Crippen LogP contribution is -2.56. The molecular weight excluding hydrogens is 588 g/mol. The molecule has 3 heterocycles. The van der Waals surface area contributed by atoms with Gasteiger partial charge in [0.15, 0.2) is 5.82 Å². The normalized spacial score (nSPS) is 20.9. The van der Waals surface area contributed by atoms with E-state index in [4.69, 9.17) is 14.5 Å². The van der Waals surface area contributed by atoms with Crippen LogP contribution < -0.4 is 10.2 Å². The number of ether oxygens (including phenoxy) is 2. The number of aromatic nitrogens is 2. The summed E-state index contributed by atoms with van der Waals surface area (Å²) in [6.07, 6.45) is 3.55. The maximum atomic E-state index is 13.8. The number of hydrogen-bond donors (Lipinski definition) is 1. The number of rotatable bonds is 13. The van der Waals surface area contributed by atoms with Crippen LogP contribution in [0.1, 0.15) is 63.4 Å². The second-order valence-electron chi connectivity index (χ2n) is 12.3. The number of amides is 3. The summed E-state index contributed by atoms with van der Waals surface area (Å²) in [5.74, 6) is 0.637. The summed E-state index contributed by atoms with van der Waals surface area (Å²) in [7, 11) is 0. The number of piperazine rings is 1. The highest BCUT2D eigenvalue weighted by Crippen LogP contribution is 2.53. The van der Waals surface area contributed by atoms with Gasteiger partial charge in [-0.1, -0.05) is 63.4 Å². The summed E-state index contributed by atoms with van der Waals surface area (Å²) >= 11 is 0. The molecule has 5 rings (SSSR count). The van der Waals surface area contributed by atoms with Gasteiger partial charge in [-0.25, -0.2) is 14.8 Å². The molecule has 2 aliphatic heterocycles. The summed E-state index contributed by atoms with van der Waals surface area (Å²) in [5, 5.41) is 2.98. The van der Waals surface area contributed by atoms with Crippen LogP contribution in [0.15, 0.2) is 36.4 Å². The van der Waals surface area contributed by atoms with E-state index in [2.05, 4.69) is 15.2 Å². The van der Waals surface area contributed by atoms with Gasteiger partial charge in [-0.05, 0) is 31.6 Å². The summed E-state index contributed by atoms with van der Waals surface area (Å²) in [4.78, 5) is 67.1. The van der Waals surface area contributed by atoms with Gasteiger partial charge >= 0.3 is 12.1 Å².